The SMILES string of the molecule is C=CC=Cc1cc2ccccc2c2cc3ccccc3cc12. The average molecular weight is 280 g/mol. The van der Waals surface area contributed by atoms with Crippen LogP contribution < -0.4 is 0 Å². The average Bonchev–Trinajstić information content (AvgIpc) is 2.58. The van der Waals surface area contributed by atoms with Crippen LogP contribution in [0.25, 0.3) is 38.4 Å². The summed E-state index contributed by atoms with van der Waals surface area (Å²) in [5, 5.41) is 7.73. The Morgan fingerprint density at radius 3 is 2.00 bits per heavy atom. The number of fused-ring (bicyclic) bond motifs is 4. The van der Waals surface area contributed by atoms with Crippen molar-refractivity contribution < 1.29 is 0 Å². The van der Waals surface area contributed by atoms with Crippen LogP contribution in [0.4, 0.5) is 0 Å². The van der Waals surface area contributed by atoms with Crippen molar-refractivity contribution in [3.63, 3.8) is 0 Å². The summed E-state index contributed by atoms with van der Waals surface area (Å²) < 4.78 is 0. The van der Waals surface area contributed by atoms with Crippen LogP contribution in [0.5, 0.6) is 0 Å². The van der Waals surface area contributed by atoms with E-state index >= 15 is 0 Å². The van der Waals surface area contributed by atoms with Crippen LogP contribution >= 0.6 is 0 Å². The molecule has 0 spiro atoms. The largest absolute Gasteiger partial charge is 0.0991 e. The van der Waals surface area contributed by atoms with E-state index in [4.69, 9.17) is 0 Å². The lowest BCUT2D eigenvalue weighted by molar-refractivity contribution is 1.75. The number of rotatable bonds is 2. The quantitative estimate of drug-likeness (QED) is 0.228. The monoisotopic (exact) mass is 280 g/mol. The maximum atomic E-state index is 3.78. The van der Waals surface area contributed by atoms with E-state index in [1.165, 1.54) is 37.9 Å². The van der Waals surface area contributed by atoms with E-state index in [-0.39, 0.29) is 0 Å². The highest BCUT2D eigenvalue weighted by Gasteiger charge is 2.06. The molecule has 0 saturated carbocycles. The van der Waals surface area contributed by atoms with Crippen molar-refractivity contribution in [3.8, 4) is 0 Å². The van der Waals surface area contributed by atoms with Crippen LogP contribution in [0, 0.1) is 0 Å². The highest BCUT2D eigenvalue weighted by atomic mass is 14.1. The molecule has 0 N–H and O–H groups in total. The minimum Gasteiger partial charge on any atom is -0.0991 e. The molecule has 0 aromatic heterocycles. The molecule has 104 valence electrons. The molecule has 0 aliphatic carbocycles. The zero-order valence-corrected chi connectivity index (χ0v) is 12.3. The molecule has 0 bridgehead atoms. The molecular formula is C22H16. The van der Waals surface area contributed by atoms with E-state index in [0.717, 1.165) is 0 Å². The molecule has 0 heteroatoms. The summed E-state index contributed by atoms with van der Waals surface area (Å²) in [6, 6.07) is 24.0. The van der Waals surface area contributed by atoms with Gasteiger partial charge < -0.3 is 0 Å². The molecule has 0 aliphatic heterocycles. The first-order chi connectivity index (χ1) is 10.9. The second-order valence-corrected chi connectivity index (χ2v) is 5.53. The fourth-order valence-electron chi connectivity index (χ4n) is 3.13. The maximum absolute atomic E-state index is 3.78. The molecule has 4 aromatic rings. The van der Waals surface area contributed by atoms with Crippen molar-refractivity contribution in [2.45, 2.75) is 0 Å². The van der Waals surface area contributed by atoms with Crippen molar-refractivity contribution in [2.75, 3.05) is 0 Å². The minimum atomic E-state index is 1.24. The molecular weight excluding hydrogens is 264 g/mol. The molecule has 0 nitrogen and oxygen atoms in total. The third-order valence-corrected chi connectivity index (χ3v) is 4.17. The van der Waals surface area contributed by atoms with Crippen LogP contribution in [0.15, 0.2) is 85.5 Å². The highest BCUT2D eigenvalue weighted by Crippen LogP contribution is 2.32. The van der Waals surface area contributed by atoms with Gasteiger partial charge in [-0.05, 0) is 56.1 Å². The van der Waals surface area contributed by atoms with Gasteiger partial charge in [-0.2, -0.15) is 0 Å². The van der Waals surface area contributed by atoms with Crippen LogP contribution in [-0.2, 0) is 0 Å². The Labute approximate surface area is 130 Å². The van der Waals surface area contributed by atoms with Gasteiger partial charge in [0.05, 0.1) is 0 Å². The number of hydrogen-bond donors (Lipinski definition) is 0. The van der Waals surface area contributed by atoms with Crippen LogP contribution in [0.2, 0.25) is 0 Å². The molecule has 0 heterocycles. The number of hydrogen-bond acceptors (Lipinski definition) is 0. The van der Waals surface area contributed by atoms with Gasteiger partial charge in [0.25, 0.3) is 0 Å². The second kappa shape index (κ2) is 5.16. The number of allylic oxidation sites excluding steroid dienone is 2. The van der Waals surface area contributed by atoms with Gasteiger partial charge in [0.15, 0.2) is 0 Å². The van der Waals surface area contributed by atoms with Crippen molar-refractivity contribution >= 4 is 38.4 Å². The topological polar surface area (TPSA) is 0 Å². The third kappa shape index (κ3) is 2.01. The second-order valence-electron chi connectivity index (χ2n) is 5.53. The molecule has 4 rings (SSSR count). The molecule has 22 heavy (non-hydrogen) atoms. The number of benzene rings is 4. The Morgan fingerprint density at radius 1 is 0.636 bits per heavy atom. The predicted octanol–water partition coefficient (Wildman–Crippen LogP) is 6.35. The lowest BCUT2D eigenvalue weighted by Gasteiger charge is -2.10. The van der Waals surface area contributed by atoms with Gasteiger partial charge in [-0.25, -0.2) is 0 Å². The van der Waals surface area contributed by atoms with Crippen LogP contribution in [-0.4, -0.2) is 0 Å². The smallest absolute Gasteiger partial charge is 0.00930 e. The minimum absolute atomic E-state index is 1.24. The fraction of sp³-hybridized carbons (Fsp3) is 0. The van der Waals surface area contributed by atoms with Crippen molar-refractivity contribution in [2.24, 2.45) is 0 Å². The van der Waals surface area contributed by atoms with Gasteiger partial charge in [-0.3, -0.25) is 0 Å². The zero-order chi connectivity index (χ0) is 14.9. The Bertz CT molecular complexity index is 1040. The normalized spacial score (nSPS) is 11.6. The molecule has 4 aromatic carbocycles. The van der Waals surface area contributed by atoms with Gasteiger partial charge >= 0.3 is 0 Å². The van der Waals surface area contributed by atoms with Gasteiger partial charge in [-0.1, -0.05) is 73.3 Å². The molecule has 0 saturated heterocycles. The summed E-state index contributed by atoms with van der Waals surface area (Å²) in [6.07, 6.45) is 5.96. The van der Waals surface area contributed by atoms with Crippen LogP contribution in [0.3, 0.4) is 0 Å². The first-order valence-corrected chi connectivity index (χ1v) is 7.50. The Balaban J connectivity index is 2.22. The summed E-state index contributed by atoms with van der Waals surface area (Å²) >= 11 is 0. The van der Waals surface area contributed by atoms with Gasteiger partial charge in [0.1, 0.15) is 0 Å². The lowest BCUT2D eigenvalue weighted by Crippen LogP contribution is -1.84. The van der Waals surface area contributed by atoms with E-state index in [1.54, 1.807) is 0 Å². The predicted molar refractivity (Wildman–Crippen MR) is 98.2 cm³/mol. The summed E-state index contributed by atoms with van der Waals surface area (Å²) in [7, 11) is 0. The van der Waals surface area contributed by atoms with E-state index in [0.29, 0.717) is 0 Å². The van der Waals surface area contributed by atoms with Crippen molar-refractivity contribution in [1.82, 2.24) is 0 Å². The van der Waals surface area contributed by atoms with Gasteiger partial charge in [-0.15, -0.1) is 0 Å². The van der Waals surface area contributed by atoms with E-state index < -0.39 is 0 Å². The molecule has 0 amide bonds. The van der Waals surface area contributed by atoms with Crippen molar-refractivity contribution in [3.05, 3.63) is 91.0 Å². The fourth-order valence-corrected chi connectivity index (χ4v) is 3.13. The lowest BCUT2D eigenvalue weighted by atomic mass is 9.94. The highest BCUT2D eigenvalue weighted by molar-refractivity contribution is 6.14. The molecule has 0 radical (unpaired) electrons. The third-order valence-electron chi connectivity index (χ3n) is 4.17. The first kappa shape index (κ1) is 12.8. The van der Waals surface area contributed by atoms with E-state index in [9.17, 15) is 0 Å². The molecule has 0 atom stereocenters. The summed E-state index contributed by atoms with van der Waals surface area (Å²) in [5.74, 6) is 0. The zero-order valence-electron chi connectivity index (χ0n) is 12.3. The Hall–Kier alpha value is -2.86. The first-order valence-electron chi connectivity index (χ1n) is 7.50. The Morgan fingerprint density at radius 2 is 1.27 bits per heavy atom. The maximum Gasteiger partial charge on any atom is -0.00930 e. The van der Waals surface area contributed by atoms with E-state index in [1.807, 2.05) is 12.2 Å². The van der Waals surface area contributed by atoms with Crippen LogP contribution in [0.1, 0.15) is 5.56 Å². The van der Waals surface area contributed by atoms with E-state index in [2.05, 4.69) is 79.4 Å². The standard InChI is InChI=1S/C22H16/c1-2-3-8-19-13-18-11-6-7-12-20(18)22-15-17-10-5-4-9-16(17)14-21(19)22/h2-15H,1H2. The summed E-state index contributed by atoms with van der Waals surface area (Å²) in [6.45, 7) is 3.78. The molecule has 0 unspecified atom stereocenters. The Kier molecular flexibility index (Phi) is 3.01. The molecule has 0 fully saturated rings. The summed E-state index contributed by atoms with van der Waals surface area (Å²) in [4.78, 5) is 0. The van der Waals surface area contributed by atoms with Crippen molar-refractivity contribution in [1.29, 1.82) is 0 Å². The molecule has 0 aliphatic rings. The summed E-state index contributed by atoms with van der Waals surface area (Å²) in [5.41, 5.74) is 1.24. The van der Waals surface area contributed by atoms with Gasteiger partial charge in [0, 0.05) is 0 Å². The van der Waals surface area contributed by atoms with Gasteiger partial charge in [0.2, 0.25) is 0 Å².